The summed E-state index contributed by atoms with van der Waals surface area (Å²) in [6.07, 6.45) is 0. The van der Waals surface area contributed by atoms with Gasteiger partial charge in [0.05, 0.1) is 16.7 Å². The summed E-state index contributed by atoms with van der Waals surface area (Å²) in [5.74, 6) is 0. The van der Waals surface area contributed by atoms with Crippen molar-refractivity contribution in [3.05, 3.63) is 150 Å². The molecule has 0 amide bonds. The molecule has 8 rings (SSSR count). The maximum Gasteiger partial charge on any atom is 0.0541 e. The van der Waals surface area contributed by atoms with E-state index in [1.807, 2.05) is 0 Å². The fourth-order valence-electron chi connectivity index (χ4n) is 7.12. The van der Waals surface area contributed by atoms with Crippen LogP contribution < -0.4 is 0 Å². The summed E-state index contributed by atoms with van der Waals surface area (Å²) in [6.45, 7) is 6.89. The van der Waals surface area contributed by atoms with E-state index in [2.05, 4.69) is 159 Å². The number of fused-ring (bicyclic) bond motifs is 6. The zero-order valence-corrected chi connectivity index (χ0v) is 23.6. The van der Waals surface area contributed by atoms with Crippen LogP contribution in [0.2, 0.25) is 0 Å². The van der Waals surface area contributed by atoms with Crippen LogP contribution in [0.3, 0.4) is 0 Å². The Balaban J connectivity index is 1.34. The van der Waals surface area contributed by atoms with Crippen LogP contribution in [0.1, 0.15) is 30.5 Å². The quantitative estimate of drug-likeness (QED) is 0.216. The molecule has 0 spiro atoms. The van der Waals surface area contributed by atoms with Crippen molar-refractivity contribution in [2.24, 2.45) is 0 Å². The summed E-state index contributed by atoms with van der Waals surface area (Å²) < 4.78 is 2.49. The summed E-state index contributed by atoms with van der Waals surface area (Å²) in [6, 6.07) is 49.2. The van der Waals surface area contributed by atoms with Crippen LogP contribution >= 0.6 is 0 Å². The van der Waals surface area contributed by atoms with E-state index in [1.165, 1.54) is 77.6 Å². The van der Waals surface area contributed by atoms with Crippen LogP contribution in [0.4, 0.5) is 0 Å². The molecule has 1 aliphatic rings. The van der Waals surface area contributed by atoms with Crippen LogP contribution in [0.15, 0.2) is 133 Å². The van der Waals surface area contributed by atoms with Gasteiger partial charge in [0.2, 0.25) is 0 Å². The van der Waals surface area contributed by atoms with Gasteiger partial charge in [-0.05, 0) is 81.8 Å². The van der Waals surface area contributed by atoms with Crippen LogP contribution in [0.25, 0.3) is 60.9 Å². The third-order valence-corrected chi connectivity index (χ3v) is 9.02. The third-order valence-electron chi connectivity index (χ3n) is 9.02. The zero-order chi connectivity index (χ0) is 27.7. The Bertz CT molecular complexity index is 2140. The molecule has 0 saturated carbocycles. The lowest BCUT2D eigenvalue weighted by Gasteiger charge is -2.25. The molecule has 0 N–H and O–H groups in total. The molecular formula is C40H31N. The molecule has 0 radical (unpaired) electrons. The molecule has 0 unspecified atom stereocenters. The number of nitrogens with zero attached hydrogens (tertiary/aromatic N) is 1. The number of rotatable bonds is 3. The summed E-state index contributed by atoms with van der Waals surface area (Å²) in [5.41, 5.74) is 15.4. The first kappa shape index (κ1) is 24.0. The van der Waals surface area contributed by atoms with Gasteiger partial charge in [0.1, 0.15) is 0 Å². The SMILES string of the molecule is Cc1cccc(-c2cccc(-c3ccc4c(c3)c3ccccc3n4-c3cccc4c3C(C)(C)c3ccccc3-4)c2)c1. The molecule has 1 aromatic heterocycles. The van der Waals surface area contributed by atoms with Gasteiger partial charge in [0.15, 0.2) is 0 Å². The third kappa shape index (κ3) is 3.55. The van der Waals surface area contributed by atoms with Crippen molar-refractivity contribution in [3.8, 4) is 39.1 Å². The number of hydrogen-bond donors (Lipinski definition) is 0. The smallest absolute Gasteiger partial charge is 0.0541 e. The molecule has 0 fully saturated rings. The van der Waals surface area contributed by atoms with Crippen molar-refractivity contribution in [3.63, 3.8) is 0 Å². The molecule has 41 heavy (non-hydrogen) atoms. The van der Waals surface area contributed by atoms with Crippen LogP contribution in [-0.4, -0.2) is 4.57 Å². The van der Waals surface area contributed by atoms with E-state index in [9.17, 15) is 0 Å². The van der Waals surface area contributed by atoms with Crippen LogP contribution in [-0.2, 0) is 5.41 Å². The predicted molar refractivity (Wildman–Crippen MR) is 174 cm³/mol. The Labute approximate surface area is 241 Å². The lowest BCUT2D eigenvalue weighted by molar-refractivity contribution is 0.656. The molecule has 7 aromatic rings. The van der Waals surface area contributed by atoms with E-state index < -0.39 is 0 Å². The summed E-state index contributed by atoms with van der Waals surface area (Å²) in [4.78, 5) is 0. The van der Waals surface area contributed by atoms with Gasteiger partial charge >= 0.3 is 0 Å². The predicted octanol–water partition coefficient (Wildman–Crippen LogP) is 10.7. The van der Waals surface area contributed by atoms with Crippen molar-refractivity contribution >= 4 is 21.8 Å². The highest BCUT2D eigenvalue weighted by molar-refractivity contribution is 6.11. The minimum atomic E-state index is -0.0869. The monoisotopic (exact) mass is 525 g/mol. The molecule has 6 aromatic carbocycles. The highest BCUT2D eigenvalue weighted by Crippen LogP contribution is 2.51. The van der Waals surface area contributed by atoms with E-state index in [4.69, 9.17) is 0 Å². The minimum Gasteiger partial charge on any atom is -0.309 e. The maximum atomic E-state index is 2.49. The lowest BCUT2D eigenvalue weighted by Crippen LogP contribution is -2.17. The average molecular weight is 526 g/mol. The average Bonchev–Trinajstić information content (AvgIpc) is 3.46. The number of aryl methyl sites for hydroxylation is 1. The topological polar surface area (TPSA) is 4.93 Å². The molecule has 1 nitrogen and oxygen atoms in total. The van der Waals surface area contributed by atoms with Crippen molar-refractivity contribution in [2.45, 2.75) is 26.2 Å². The van der Waals surface area contributed by atoms with Crippen LogP contribution in [0, 0.1) is 6.92 Å². The molecule has 1 heteroatoms. The van der Waals surface area contributed by atoms with Crippen molar-refractivity contribution in [2.75, 3.05) is 0 Å². The Morgan fingerprint density at radius 1 is 0.488 bits per heavy atom. The first-order valence-corrected chi connectivity index (χ1v) is 14.5. The normalized spacial score (nSPS) is 13.4. The van der Waals surface area contributed by atoms with E-state index >= 15 is 0 Å². The van der Waals surface area contributed by atoms with Gasteiger partial charge in [-0.15, -0.1) is 0 Å². The molecule has 196 valence electrons. The Kier molecular flexibility index (Phi) is 5.15. The Morgan fingerprint density at radius 3 is 1.95 bits per heavy atom. The number of hydrogen-bond acceptors (Lipinski definition) is 0. The van der Waals surface area contributed by atoms with Gasteiger partial charge in [-0.2, -0.15) is 0 Å². The van der Waals surface area contributed by atoms with Crippen LogP contribution in [0.5, 0.6) is 0 Å². The lowest BCUT2D eigenvalue weighted by atomic mass is 9.81. The van der Waals surface area contributed by atoms with Gasteiger partial charge in [-0.25, -0.2) is 0 Å². The highest BCUT2D eigenvalue weighted by atomic mass is 15.0. The molecule has 1 aliphatic carbocycles. The van der Waals surface area contributed by atoms with Gasteiger partial charge in [-0.1, -0.05) is 123 Å². The molecule has 1 heterocycles. The fraction of sp³-hybridized carbons (Fsp3) is 0.100. The van der Waals surface area contributed by atoms with E-state index in [0.29, 0.717) is 0 Å². The van der Waals surface area contributed by atoms with Gasteiger partial charge in [0.25, 0.3) is 0 Å². The Morgan fingerprint density at radius 2 is 1.12 bits per heavy atom. The van der Waals surface area contributed by atoms with Gasteiger partial charge < -0.3 is 4.57 Å². The maximum absolute atomic E-state index is 2.49. The molecule has 0 aliphatic heterocycles. The number of para-hydroxylation sites is 1. The second kappa shape index (κ2) is 8.81. The first-order valence-electron chi connectivity index (χ1n) is 14.5. The first-order chi connectivity index (χ1) is 20.0. The van der Waals surface area contributed by atoms with E-state index in [1.54, 1.807) is 0 Å². The molecule has 0 saturated heterocycles. The molecular weight excluding hydrogens is 494 g/mol. The summed E-state index contributed by atoms with van der Waals surface area (Å²) in [5, 5.41) is 2.56. The van der Waals surface area contributed by atoms with E-state index in [0.717, 1.165) is 0 Å². The second-order valence-corrected chi connectivity index (χ2v) is 11.9. The fourth-order valence-corrected chi connectivity index (χ4v) is 7.12. The standard InChI is InChI=1S/C40H31N/c1-26-11-8-12-27(23-26)28-13-9-14-29(24-28)30-21-22-37-34(25-30)32-16-5-7-19-36(32)41(37)38-20-10-17-33-31-15-4-6-18-35(31)40(2,3)39(33)38/h4-25H,1-3H3. The minimum absolute atomic E-state index is 0.0869. The van der Waals surface area contributed by atoms with Crippen molar-refractivity contribution < 1.29 is 0 Å². The summed E-state index contributed by atoms with van der Waals surface area (Å²) >= 11 is 0. The molecule has 0 bridgehead atoms. The highest BCUT2D eigenvalue weighted by Gasteiger charge is 2.37. The zero-order valence-electron chi connectivity index (χ0n) is 23.6. The molecule has 0 atom stereocenters. The largest absolute Gasteiger partial charge is 0.309 e. The van der Waals surface area contributed by atoms with Gasteiger partial charge in [0, 0.05) is 16.2 Å². The van der Waals surface area contributed by atoms with Crippen molar-refractivity contribution in [1.29, 1.82) is 0 Å². The second-order valence-electron chi connectivity index (χ2n) is 11.9. The van der Waals surface area contributed by atoms with E-state index in [-0.39, 0.29) is 5.41 Å². The van der Waals surface area contributed by atoms with Crippen molar-refractivity contribution in [1.82, 2.24) is 4.57 Å². The van der Waals surface area contributed by atoms with Gasteiger partial charge in [-0.3, -0.25) is 0 Å². The number of benzene rings is 6. The Hall–Kier alpha value is -4.88. The summed E-state index contributed by atoms with van der Waals surface area (Å²) in [7, 11) is 0. The number of aromatic nitrogens is 1.